The number of rotatable bonds is 6. The molecule has 11 aromatic rings. The van der Waals surface area contributed by atoms with Crippen molar-refractivity contribution in [1.29, 1.82) is 0 Å². The molecule has 13 rings (SSSR count). The maximum absolute atomic E-state index is 2.46. The first kappa shape index (κ1) is 38.5. The van der Waals surface area contributed by atoms with Crippen LogP contribution in [0.4, 0.5) is 45.5 Å². The fourth-order valence-electron chi connectivity index (χ4n) is 10.9. The van der Waals surface area contributed by atoms with Gasteiger partial charge in [0.25, 0.3) is 0 Å². The Bertz CT molecular complexity index is 3710. The first-order valence-electron chi connectivity index (χ1n) is 22.8. The van der Waals surface area contributed by atoms with Gasteiger partial charge < -0.3 is 14.7 Å². The predicted octanol–water partition coefficient (Wildman–Crippen LogP) is 17.9. The summed E-state index contributed by atoms with van der Waals surface area (Å²) in [5, 5.41) is 5.11. The Balaban J connectivity index is 0.866. The zero-order valence-corrected chi connectivity index (χ0v) is 37.9. The second kappa shape index (κ2) is 14.8. The third kappa shape index (κ3) is 5.88. The van der Waals surface area contributed by atoms with Crippen molar-refractivity contribution in [1.82, 2.24) is 0 Å². The molecule has 1 aliphatic heterocycles. The average molecular weight is 864 g/mol. The molecule has 0 spiro atoms. The lowest BCUT2D eigenvalue weighted by Crippen LogP contribution is -2.24. The summed E-state index contributed by atoms with van der Waals surface area (Å²) < 4.78 is 2.69. The molecule has 0 fully saturated rings. The van der Waals surface area contributed by atoms with Crippen molar-refractivity contribution in [3.05, 3.63) is 230 Å². The molecular formula is C62H45N3S. The smallest absolute Gasteiger partial charge is 0.0700 e. The highest BCUT2D eigenvalue weighted by Gasteiger charge is 2.37. The highest BCUT2D eigenvalue weighted by atomic mass is 32.1. The number of hydrogen-bond acceptors (Lipinski definition) is 4. The van der Waals surface area contributed by atoms with Crippen molar-refractivity contribution in [2.45, 2.75) is 19.3 Å². The number of thiophene rings is 1. The van der Waals surface area contributed by atoms with E-state index in [1.54, 1.807) is 0 Å². The predicted molar refractivity (Wildman–Crippen MR) is 283 cm³/mol. The second-order valence-electron chi connectivity index (χ2n) is 18.2. The zero-order valence-electron chi connectivity index (χ0n) is 37.0. The Morgan fingerprint density at radius 2 is 1.05 bits per heavy atom. The van der Waals surface area contributed by atoms with Crippen LogP contribution in [0.15, 0.2) is 218 Å². The monoisotopic (exact) mass is 863 g/mol. The van der Waals surface area contributed by atoms with Crippen LogP contribution in [0, 0.1) is 0 Å². The van der Waals surface area contributed by atoms with E-state index in [4.69, 9.17) is 0 Å². The Kier molecular flexibility index (Phi) is 8.65. The van der Waals surface area contributed by atoms with Crippen LogP contribution in [0.1, 0.15) is 25.0 Å². The largest absolute Gasteiger partial charge is 0.341 e. The van der Waals surface area contributed by atoms with E-state index in [9.17, 15) is 0 Å². The van der Waals surface area contributed by atoms with E-state index in [2.05, 4.69) is 254 Å². The van der Waals surface area contributed by atoms with Crippen LogP contribution in [0.5, 0.6) is 0 Å². The van der Waals surface area contributed by atoms with Gasteiger partial charge in [0, 0.05) is 55.1 Å². The maximum Gasteiger partial charge on any atom is 0.0700 e. The molecule has 0 amide bonds. The number of fused-ring (bicyclic) bond motifs is 9. The summed E-state index contributed by atoms with van der Waals surface area (Å²) in [6.07, 6.45) is 0. The van der Waals surface area contributed by atoms with E-state index in [0.29, 0.717) is 0 Å². The molecule has 10 aromatic carbocycles. The first-order valence-corrected chi connectivity index (χ1v) is 23.6. The number of hydrogen-bond donors (Lipinski definition) is 0. The van der Waals surface area contributed by atoms with Gasteiger partial charge in [0.1, 0.15) is 0 Å². The van der Waals surface area contributed by atoms with Gasteiger partial charge in [0.2, 0.25) is 0 Å². The topological polar surface area (TPSA) is 9.72 Å². The highest BCUT2D eigenvalue weighted by Crippen LogP contribution is 2.56. The second-order valence-corrected chi connectivity index (χ2v) is 19.3. The summed E-state index contributed by atoms with van der Waals surface area (Å²) in [6, 6.07) is 80.5. The van der Waals surface area contributed by atoms with Crippen molar-refractivity contribution >= 4 is 87.8 Å². The van der Waals surface area contributed by atoms with Gasteiger partial charge >= 0.3 is 0 Å². The molecule has 3 nitrogen and oxygen atoms in total. The third-order valence-electron chi connectivity index (χ3n) is 14.2. The molecule has 2 heterocycles. The van der Waals surface area contributed by atoms with Gasteiger partial charge in [-0.05, 0) is 129 Å². The summed E-state index contributed by atoms with van der Waals surface area (Å²) in [5.41, 5.74) is 19.4. The molecule has 1 aliphatic carbocycles. The van der Waals surface area contributed by atoms with Crippen molar-refractivity contribution < 1.29 is 0 Å². The summed E-state index contributed by atoms with van der Waals surface area (Å²) >= 11 is 1.90. The van der Waals surface area contributed by atoms with Crippen LogP contribution in [0.25, 0.3) is 64.3 Å². The van der Waals surface area contributed by atoms with E-state index in [-0.39, 0.29) is 5.41 Å². The first-order chi connectivity index (χ1) is 32.4. The molecule has 2 aliphatic rings. The Morgan fingerprint density at radius 1 is 0.424 bits per heavy atom. The zero-order chi connectivity index (χ0) is 44.1. The quantitative estimate of drug-likeness (QED) is 0.165. The van der Waals surface area contributed by atoms with Crippen LogP contribution >= 0.6 is 11.3 Å². The minimum atomic E-state index is -0.195. The van der Waals surface area contributed by atoms with Gasteiger partial charge in [-0.2, -0.15) is 0 Å². The van der Waals surface area contributed by atoms with E-state index >= 15 is 0 Å². The number of anilines is 8. The number of para-hydroxylation sites is 3. The molecule has 0 saturated carbocycles. The SMILES string of the molecule is CN1c2ccccc2N(c2ccc3c(c2)C(C)(C)c2cc(-c4cccc5c4sc4ccccc45)ccc2-3)c2ccc(-c3ccc(N(c4ccccc4)c4cccc5ccccc45)cc3)cc21. The van der Waals surface area contributed by atoms with Crippen LogP contribution in [-0.4, -0.2) is 7.05 Å². The van der Waals surface area contributed by atoms with Gasteiger partial charge in [-0.1, -0.05) is 153 Å². The van der Waals surface area contributed by atoms with E-state index < -0.39 is 0 Å². The van der Waals surface area contributed by atoms with E-state index in [1.165, 1.54) is 98.2 Å². The molecule has 0 bridgehead atoms. The normalized spacial score (nSPS) is 13.4. The van der Waals surface area contributed by atoms with Gasteiger partial charge in [-0.25, -0.2) is 0 Å². The van der Waals surface area contributed by atoms with Gasteiger partial charge in [-0.3, -0.25) is 0 Å². The lowest BCUT2D eigenvalue weighted by Gasteiger charge is -2.39. The van der Waals surface area contributed by atoms with Crippen LogP contribution < -0.4 is 14.7 Å². The summed E-state index contributed by atoms with van der Waals surface area (Å²) in [6.45, 7) is 4.80. The van der Waals surface area contributed by atoms with E-state index in [1.807, 2.05) is 11.3 Å². The molecule has 0 unspecified atom stereocenters. The number of benzene rings is 10. The van der Waals surface area contributed by atoms with Crippen LogP contribution in [0.2, 0.25) is 0 Å². The van der Waals surface area contributed by atoms with E-state index in [0.717, 1.165) is 22.7 Å². The Hall–Kier alpha value is -7.92. The molecule has 4 heteroatoms. The summed E-state index contributed by atoms with van der Waals surface area (Å²) in [5.74, 6) is 0. The van der Waals surface area contributed by atoms with Gasteiger partial charge in [0.05, 0.1) is 28.4 Å². The van der Waals surface area contributed by atoms with Crippen LogP contribution in [-0.2, 0) is 5.41 Å². The maximum atomic E-state index is 2.46. The van der Waals surface area contributed by atoms with Crippen molar-refractivity contribution in [3.63, 3.8) is 0 Å². The summed E-state index contributed by atoms with van der Waals surface area (Å²) in [4.78, 5) is 7.18. The molecule has 0 saturated heterocycles. The average Bonchev–Trinajstić information content (AvgIpc) is 3.86. The van der Waals surface area contributed by atoms with Gasteiger partial charge in [-0.15, -0.1) is 11.3 Å². The van der Waals surface area contributed by atoms with Gasteiger partial charge in [0.15, 0.2) is 0 Å². The molecule has 0 N–H and O–H groups in total. The molecular weight excluding hydrogens is 819 g/mol. The minimum absolute atomic E-state index is 0.195. The molecule has 1 aromatic heterocycles. The van der Waals surface area contributed by atoms with Crippen molar-refractivity contribution in [2.75, 3.05) is 21.7 Å². The molecule has 0 radical (unpaired) electrons. The van der Waals surface area contributed by atoms with Crippen LogP contribution in [0.3, 0.4) is 0 Å². The fraction of sp³-hybridized carbons (Fsp3) is 0.0645. The molecule has 66 heavy (non-hydrogen) atoms. The summed E-state index contributed by atoms with van der Waals surface area (Å²) in [7, 11) is 2.20. The Morgan fingerprint density at radius 3 is 1.89 bits per heavy atom. The Labute approximate surface area is 389 Å². The minimum Gasteiger partial charge on any atom is -0.341 e. The van der Waals surface area contributed by atoms with Crippen molar-refractivity contribution in [3.8, 4) is 33.4 Å². The lowest BCUT2D eigenvalue weighted by atomic mass is 9.81. The lowest BCUT2D eigenvalue weighted by molar-refractivity contribution is 0.660. The standard InChI is InChI=1S/C62H45N3S/c1-62(2)53-37-43(48-21-14-22-52-51-20-9-12-26-60(51)66-61(48)52)29-34-49(53)50-35-33-46(39-54(50)62)65-57-24-11-10-23-56(57)63(3)59-38-42(30-36-58(59)65)40-27-31-45(32-28-40)64(44-17-5-4-6-18-44)55-25-13-16-41-15-7-8-19-47(41)55/h4-39H,1-3H3. The molecule has 314 valence electrons. The number of nitrogens with zero attached hydrogens (tertiary/aromatic N) is 3. The molecule has 0 atom stereocenters. The highest BCUT2D eigenvalue weighted by molar-refractivity contribution is 7.26. The fourth-order valence-corrected chi connectivity index (χ4v) is 12.1. The van der Waals surface area contributed by atoms with Crippen molar-refractivity contribution in [2.24, 2.45) is 0 Å². The third-order valence-corrected chi connectivity index (χ3v) is 15.4.